The summed E-state index contributed by atoms with van der Waals surface area (Å²) in [4.78, 5) is 40.2. The number of aromatic nitrogens is 2. The van der Waals surface area contributed by atoms with Gasteiger partial charge in [0.05, 0.1) is 18.7 Å². The molecule has 1 aromatic heterocycles. The number of amides is 3. The molecule has 8 heteroatoms. The Balaban J connectivity index is 1.48. The van der Waals surface area contributed by atoms with E-state index in [0.717, 1.165) is 56.8 Å². The highest BCUT2D eigenvalue weighted by Crippen LogP contribution is 2.31. The van der Waals surface area contributed by atoms with Crippen LogP contribution in [-0.4, -0.2) is 70.4 Å². The number of hydrogen-bond donors (Lipinski definition) is 2. The van der Waals surface area contributed by atoms with Crippen LogP contribution in [0.25, 0.3) is 0 Å². The molecule has 2 N–H and O–H groups in total. The maximum atomic E-state index is 12.6. The lowest BCUT2D eigenvalue weighted by molar-refractivity contribution is -0.135. The van der Waals surface area contributed by atoms with Gasteiger partial charge in [0.1, 0.15) is 0 Å². The van der Waals surface area contributed by atoms with Gasteiger partial charge in [-0.1, -0.05) is 6.92 Å². The van der Waals surface area contributed by atoms with E-state index in [0.29, 0.717) is 24.7 Å². The van der Waals surface area contributed by atoms with Crippen molar-refractivity contribution in [3.05, 3.63) is 17.5 Å². The van der Waals surface area contributed by atoms with Gasteiger partial charge in [-0.3, -0.25) is 19.5 Å². The molecule has 8 nitrogen and oxygen atoms in total. The van der Waals surface area contributed by atoms with Gasteiger partial charge in [-0.25, -0.2) is 0 Å². The van der Waals surface area contributed by atoms with Gasteiger partial charge in [0.2, 0.25) is 17.7 Å². The number of carbonyl (C=O) groups is 3. The van der Waals surface area contributed by atoms with Crippen LogP contribution in [0.15, 0.2) is 6.07 Å². The smallest absolute Gasteiger partial charge is 0.241 e. The van der Waals surface area contributed by atoms with Crippen LogP contribution in [0.3, 0.4) is 0 Å². The lowest BCUT2D eigenvalue weighted by atomic mass is 9.85. The molecule has 3 rings (SSSR count). The molecule has 2 aliphatic heterocycles. The minimum Gasteiger partial charge on any atom is -0.347 e. The van der Waals surface area contributed by atoms with E-state index >= 15 is 0 Å². The highest BCUT2D eigenvalue weighted by atomic mass is 16.2. The molecule has 2 unspecified atom stereocenters. The van der Waals surface area contributed by atoms with Crippen LogP contribution < -0.4 is 5.32 Å². The second-order valence-electron chi connectivity index (χ2n) is 7.98. The molecule has 0 aliphatic carbocycles. The summed E-state index contributed by atoms with van der Waals surface area (Å²) in [5, 5.41) is 9.70. The number of aromatic amines is 1. The standard InChI is InChI=1S/C20H31N5O3/c1-3-18(26)21-11-20(28)24-7-4-5-15(12-24)16-6-8-25(13-16)19(27)10-17-9-14(2)22-23-17/h9,15-16H,3-8,10-13H2,1-2H3,(H,21,26)(H,22,23). The first-order valence-corrected chi connectivity index (χ1v) is 10.3. The third-order valence-electron chi connectivity index (χ3n) is 5.90. The quantitative estimate of drug-likeness (QED) is 0.754. The molecule has 2 aliphatic rings. The van der Waals surface area contributed by atoms with Crippen molar-refractivity contribution in [3.8, 4) is 0 Å². The van der Waals surface area contributed by atoms with Gasteiger partial charge in [-0.05, 0) is 44.1 Å². The fraction of sp³-hybridized carbons (Fsp3) is 0.700. The first-order valence-electron chi connectivity index (χ1n) is 10.3. The summed E-state index contributed by atoms with van der Waals surface area (Å²) < 4.78 is 0. The van der Waals surface area contributed by atoms with E-state index in [1.54, 1.807) is 6.92 Å². The van der Waals surface area contributed by atoms with Crippen LogP contribution in [0.2, 0.25) is 0 Å². The van der Waals surface area contributed by atoms with E-state index in [1.807, 2.05) is 22.8 Å². The van der Waals surface area contributed by atoms with Gasteiger partial charge >= 0.3 is 0 Å². The number of hydrogen-bond acceptors (Lipinski definition) is 4. The Bertz CT molecular complexity index is 716. The van der Waals surface area contributed by atoms with E-state index in [9.17, 15) is 14.4 Å². The van der Waals surface area contributed by atoms with Crippen molar-refractivity contribution in [1.82, 2.24) is 25.3 Å². The third-order valence-corrected chi connectivity index (χ3v) is 5.90. The third kappa shape index (κ3) is 5.11. The Morgan fingerprint density at radius 3 is 2.54 bits per heavy atom. The number of nitrogens with one attached hydrogen (secondary N) is 2. The second kappa shape index (κ2) is 9.21. The summed E-state index contributed by atoms with van der Waals surface area (Å²) in [6.07, 6.45) is 3.79. The Kier molecular flexibility index (Phi) is 6.70. The van der Waals surface area contributed by atoms with Crippen LogP contribution in [0.4, 0.5) is 0 Å². The Morgan fingerprint density at radius 2 is 1.86 bits per heavy atom. The molecule has 2 atom stereocenters. The summed E-state index contributed by atoms with van der Waals surface area (Å²) in [5.41, 5.74) is 1.75. The molecule has 0 bridgehead atoms. The van der Waals surface area contributed by atoms with Crippen molar-refractivity contribution in [2.75, 3.05) is 32.7 Å². The summed E-state index contributed by atoms with van der Waals surface area (Å²) in [6, 6.07) is 1.91. The van der Waals surface area contributed by atoms with Gasteiger partial charge in [0, 0.05) is 38.3 Å². The van der Waals surface area contributed by atoms with Gasteiger partial charge < -0.3 is 15.1 Å². The van der Waals surface area contributed by atoms with Crippen molar-refractivity contribution in [3.63, 3.8) is 0 Å². The zero-order valence-electron chi connectivity index (χ0n) is 16.9. The first kappa shape index (κ1) is 20.4. The van der Waals surface area contributed by atoms with Crippen molar-refractivity contribution in [2.24, 2.45) is 11.8 Å². The molecule has 2 saturated heterocycles. The number of piperidine rings is 1. The van der Waals surface area contributed by atoms with Crippen LogP contribution in [-0.2, 0) is 20.8 Å². The molecule has 154 valence electrons. The predicted molar refractivity (Wildman–Crippen MR) is 104 cm³/mol. The maximum Gasteiger partial charge on any atom is 0.241 e. The lowest BCUT2D eigenvalue weighted by Crippen LogP contribution is -2.46. The van der Waals surface area contributed by atoms with Gasteiger partial charge in [-0.2, -0.15) is 5.10 Å². The van der Waals surface area contributed by atoms with Crippen LogP contribution >= 0.6 is 0 Å². The number of nitrogens with zero attached hydrogens (tertiary/aromatic N) is 3. The predicted octanol–water partition coefficient (Wildman–Crippen LogP) is 0.874. The van der Waals surface area contributed by atoms with E-state index in [-0.39, 0.29) is 24.3 Å². The zero-order chi connectivity index (χ0) is 20.1. The average molecular weight is 390 g/mol. The van der Waals surface area contributed by atoms with Gasteiger partial charge in [-0.15, -0.1) is 0 Å². The molecule has 0 radical (unpaired) electrons. The monoisotopic (exact) mass is 389 g/mol. The van der Waals surface area contributed by atoms with Crippen molar-refractivity contribution in [2.45, 2.75) is 46.0 Å². The highest BCUT2D eigenvalue weighted by molar-refractivity contribution is 5.84. The van der Waals surface area contributed by atoms with E-state index in [2.05, 4.69) is 15.5 Å². The molecule has 3 amide bonds. The van der Waals surface area contributed by atoms with Crippen LogP contribution in [0, 0.1) is 18.8 Å². The van der Waals surface area contributed by atoms with Crippen molar-refractivity contribution >= 4 is 17.7 Å². The van der Waals surface area contributed by atoms with E-state index < -0.39 is 0 Å². The number of rotatable bonds is 6. The molecule has 0 spiro atoms. The van der Waals surface area contributed by atoms with Crippen LogP contribution in [0.5, 0.6) is 0 Å². The summed E-state index contributed by atoms with van der Waals surface area (Å²) in [5.74, 6) is 0.876. The number of likely N-dealkylation sites (tertiary alicyclic amines) is 2. The Hall–Kier alpha value is -2.38. The lowest BCUT2D eigenvalue weighted by Gasteiger charge is -2.35. The minimum absolute atomic E-state index is 0.00803. The maximum absolute atomic E-state index is 12.6. The molecule has 1 aromatic rings. The van der Waals surface area contributed by atoms with E-state index in [4.69, 9.17) is 0 Å². The summed E-state index contributed by atoms with van der Waals surface area (Å²) in [7, 11) is 0. The zero-order valence-corrected chi connectivity index (χ0v) is 16.9. The Labute approximate surface area is 166 Å². The van der Waals surface area contributed by atoms with E-state index in [1.165, 1.54) is 0 Å². The fourth-order valence-electron chi connectivity index (χ4n) is 4.26. The minimum atomic E-state index is -0.0982. The average Bonchev–Trinajstić information content (AvgIpc) is 3.35. The van der Waals surface area contributed by atoms with Gasteiger partial charge in [0.15, 0.2) is 0 Å². The molecule has 0 saturated carbocycles. The number of aryl methyl sites for hydroxylation is 1. The summed E-state index contributed by atoms with van der Waals surface area (Å²) >= 11 is 0. The molecule has 28 heavy (non-hydrogen) atoms. The second-order valence-corrected chi connectivity index (χ2v) is 7.98. The normalized spacial score (nSPS) is 22.4. The Morgan fingerprint density at radius 1 is 1.14 bits per heavy atom. The first-order chi connectivity index (χ1) is 13.5. The largest absolute Gasteiger partial charge is 0.347 e. The molecular weight excluding hydrogens is 358 g/mol. The van der Waals surface area contributed by atoms with Crippen molar-refractivity contribution in [1.29, 1.82) is 0 Å². The van der Waals surface area contributed by atoms with Gasteiger partial charge in [0.25, 0.3) is 0 Å². The highest BCUT2D eigenvalue weighted by Gasteiger charge is 2.35. The number of carbonyl (C=O) groups excluding carboxylic acids is 3. The summed E-state index contributed by atoms with van der Waals surface area (Å²) in [6.45, 7) is 6.81. The topological polar surface area (TPSA) is 98.4 Å². The fourth-order valence-corrected chi connectivity index (χ4v) is 4.26. The van der Waals surface area contributed by atoms with Crippen LogP contribution in [0.1, 0.15) is 44.0 Å². The molecule has 0 aromatic carbocycles. The van der Waals surface area contributed by atoms with Crippen molar-refractivity contribution < 1.29 is 14.4 Å². The molecular formula is C20H31N5O3. The molecule has 2 fully saturated rings. The number of H-pyrrole nitrogens is 1. The molecule has 3 heterocycles. The SMILES string of the molecule is CCC(=O)NCC(=O)N1CCCC(C2CCN(C(=O)Cc3cc(C)[nH]n3)C2)C1.